The van der Waals surface area contributed by atoms with E-state index in [0.717, 1.165) is 18.6 Å². The van der Waals surface area contributed by atoms with Crippen molar-refractivity contribution in [1.29, 1.82) is 0 Å². The highest BCUT2D eigenvalue weighted by atomic mass is 32.2. The van der Waals surface area contributed by atoms with E-state index in [-0.39, 0.29) is 23.1 Å². The van der Waals surface area contributed by atoms with Crippen molar-refractivity contribution < 1.29 is 17.5 Å². The van der Waals surface area contributed by atoms with Crippen LogP contribution in [0, 0.1) is 5.82 Å². The van der Waals surface area contributed by atoms with Gasteiger partial charge in [-0.3, -0.25) is 4.98 Å². The fourth-order valence-corrected chi connectivity index (χ4v) is 5.91. The second kappa shape index (κ2) is 6.38. The molecule has 2 bridgehead atoms. The summed E-state index contributed by atoms with van der Waals surface area (Å²) >= 11 is 0. The summed E-state index contributed by atoms with van der Waals surface area (Å²) in [4.78, 5) is 3.73. The van der Waals surface area contributed by atoms with Crippen LogP contribution >= 0.6 is 0 Å². The Labute approximate surface area is 146 Å². The van der Waals surface area contributed by atoms with Crippen molar-refractivity contribution in [2.75, 3.05) is 0 Å². The molecule has 3 heterocycles. The lowest BCUT2D eigenvalue weighted by molar-refractivity contribution is 0.0955. The molecule has 0 saturated carbocycles. The van der Waals surface area contributed by atoms with Crippen molar-refractivity contribution in [3.8, 4) is 5.75 Å². The Morgan fingerprint density at radius 3 is 2.32 bits per heavy atom. The van der Waals surface area contributed by atoms with Gasteiger partial charge in [-0.05, 0) is 37.1 Å². The summed E-state index contributed by atoms with van der Waals surface area (Å²) in [7, 11) is -3.83. The first-order valence-corrected chi connectivity index (χ1v) is 9.84. The first-order valence-electron chi connectivity index (χ1n) is 8.40. The Morgan fingerprint density at radius 1 is 1.04 bits per heavy atom. The third-order valence-electron chi connectivity index (χ3n) is 4.97. The van der Waals surface area contributed by atoms with Gasteiger partial charge in [0, 0.05) is 37.3 Å². The summed E-state index contributed by atoms with van der Waals surface area (Å²) in [6.45, 7) is 0. The number of sulfonamides is 1. The number of benzene rings is 1. The Bertz CT molecular complexity index is 846. The number of nitrogens with zero attached hydrogens (tertiary/aromatic N) is 2. The molecule has 4 rings (SSSR count). The van der Waals surface area contributed by atoms with Gasteiger partial charge in [-0.15, -0.1) is 0 Å². The van der Waals surface area contributed by atoms with Gasteiger partial charge in [0.25, 0.3) is 0 Å². The third-order valence-corrected chi connectivity index (χ3v) is 7.01. The van der Waals surface area contributed by atoms with Gasteiger partial charge in [0.1, 0.15) is 22.6 Å². The molecule has 1 aromatic heterocycles. The molecule has 2 saturated heterocycles. The maximum Gasteiger partial charge on any atom is 0.246 e. The first-order chi connectivity index (χ1) is 12.1. The highest BCUT2D eigenvalue weighted by Gasteiger charge is 2.48. The standard InChI is InChI=1S/C18H19FN2O3S/c19-17-3-1-2-4-18(17)25(22,23)21-13-5-6-14(21)12-16(11-13)24-15-7-9-20-10-8-15/h1-4,7-10,13-14,16H,5-6,11-12H2. The van der Waals surface area contributed by atoms with Crippen LogP contribution in [0.1, 0.15) is 25.7 Å². The van der Waals surface area contributed by atoms with Crippen LogP contribution in [-0.2, 0) is 10.0 Å². The second-order valence-corrected chi connectivity index (χ2v) is 8.36. The lowest BCUT2D eigenvalue weighted by Crippen LogP contribution is -2.49. The smallest absolute Gasteiger partial charge is 0.246 e. The molecule has 0 N–H and O–H groups in total. The van der Waals surface area contributed by atoms with Crippen molar-refractivity contribution in [1.82, 2.24) is 9.29 Å². The fourth-order valence-electron chi connectivity index (χ4n) is 3.95. The summed E-state index contributed by atoms with van der Waals surface area (Å²) in [6, 6.07) is 8.88. The van der Waals surface area contributed by atoms with E-state index >= 15 is 0 Å². The topological polar surface area (TPSA) is 59.5 Å². The molecule has 2 aliphatic rings. The van der Waals surface area contributed by atoms with Gasteiger partial charge in [0.15, 0.2) is 0 Å². The van der Waals surface area contributed by atoms with Gasteiger partial charge < -0.3 is 4.74 Å². The number of ether oxygens (including phenoxy) is 1. The Balaban J connectivity index is 1.56. The molecule has 0 amide bonds. The molecule has 2 unspecified atom stereocenters. The zero-order valence-corrected chi connectivity index (χ0v) is 14.4. The van der Waals surface area contributed by atoms with Gasteiger partial charge in [-0.2, -0.15) is 4.31 Å². The SMILES string of the molecule is O=S(=O)(c1ccccc1F)N1C2CCC1CC(Oc1ccncc1)C2. The molecule has 132 valence electrons. The number of fused-ring (bicyclic) bond motifs is 2. The highest BCUT2D eigenvalue weighted by molar-refractivity contribution is 7.89. The van der Waals surface area contributed by atoms with Crippen LogP contribution in [0.2, 0.25) is 0 Å². The summed E-state index contributed by atoms with van der Waals surface area (Å²) < 4.78 is 47.5. The Kier molecular flexibility index (Phi) is 4.21. The normalized spacial score (nSPS) is 26.5. The molecule has 2 aromatic rings. The number of pyridine rings is 1. The van der Waals surface area contributed by atoms with Crippen molar-refractivity contribution in [3.63, 3.8) is 0 Å². The minimum Gasteiger partial charge on any atom is -0.490 e. The maximum atomic E-state index is 14.0. The average Bonchev–Trinajstić information content (AvgIpc) is 2.89. The van der Waals surface area contributed by atoms with E-state index in [1.807, 2.05) is 0 Å². The minimum atomic E-state index is -3.83. The van der Waals surface area contributed by atoms with E-state index in [0.29, 0.717) is 12.8 Å². The largest absolute Gasteiger partial charge is 0.490 e. The molecule has 7 heteroatoms. The van der Waals surface area contributed by atoms with E-state index in [9.17, 15) is 12.8 Å². The molecule has 2 aliphatic heterocycles. The van der Waals surface area contributed by atoms with E-state index in [1.165, 1.54) is 22.5 Å². The molecule has 0 aliphatic carbocycles. The molecule has 0 radical (unpaired) electrons. The third kappa shape index (κ3) is 3.02. The number of aromatic nitrogens is 1. The molecule has 2 fully saturated rings. The van der Waals surface area contributed by atoms with E-state index in [1.54, 1.807) is 30.6 Å². The number of halogens is 1. The maximum absolute atomic E-state index is 14.0. The molecule has 5 nitrogen and oxygen atoms in total. The van der Waals surface area contributed by atoms with Crippen molar-refractivity contribution >= 4 is 10.0 Å². The number of hydrogen-bond acceptors (Lipinski definition) is 4. The predicted molar refractivity (Wildman–Crippen MR) is 90.1 cm³/mol. The molecule has 1 aromatic carbocycles. The van der Waals surface area contributed by atoms with Crippen LogP contribution in [-0.4, -0.2) is 35.9 Å². The molecular formula is C18H19FN2O3S. The Hall–Kier alpha value is -1.99. The monoisotopic (exact) mass is 362 g/mol. The zero-order valence-electron chi connectivity index (χ0n) is 13.6. The summed E-state index contributed by atoms with van der Waals surface area (Å²) in [5.41, 5.74) is 0. The van der Waals surface area contributed by atoms with Crippen LogP contribution in [0.15, 0.2) is 53.7 Å². The van der Waals surface area contributed by atoms with E-state index < -0.39 is 15.8 Å². The summed E-state index contributed by atoms with van der Waals surface area (Å²) in [6.07, 6.45) is 6.11. The number of rotatable bonds is 4. The predicted octanol–water partition coefficient (Wildman–Crippen LogP) is 2.98. The van der Waals surface area contributed by atoms with Crippen molar-refractivity contribution in [2.24, 2.45) is 0 Å². The lowest BCUT2D eigenvalue weighted by atomic mass is 10.0. The van der Waals surface area contributed by atoms with Gasteiger partial charge >= 0.3 is 0 Å². The van der Waals surface area contributed by atoms with Gasteiger partial charge in [0.05, 0.1) is 0 Å². The molecule has 25 heavy (non-hydrogen) atoms. The van der Waals surface area contributed by atoms with Gasteiger partial charge in [0.2, 0.25) is 10.0 Å². The second-order valence-electron chi connectivity index (χ2n) is 6.54. The van der Waals surface area contributed by atoms with Gasteiger partial charge in [-0.1, -0.05) is 12.1 Å². The molecular weight excluding hydrogens is 343 g/mol. The van der Waals surface area contributed by atoms with Crippen molar-refractivity contribution in [3.05, 3.63) is 54.6 Å². The number of piperidine rings is 1. The minimum absolute atomic E-state index is 0.0352. The molecule has 2 atom stereocenters. The first kappa shape index (κ1) is 16.5. The van der Waals surface area contributed by atoms with E-state index in [4.69, 9.17) is 4.74 Å². The Morgan fingerprint density at radius 2 is 1.68 bits per heavy atom. The summed E-state index contributed by atoms with van der Waals surface area (Å²) in [5.74, 6) is 0.0434. The molecule has 0 spiro atoms. The zero-order chi connectivity index (χ0) is 17.4. The van der Waals surface area contributed by atoms with E-state index in [2.05, 4.69) is 4.98 Å². The number of hydrogen-bond donors (Lipinski definition) is 0. The average molecular weight is 362 g/mol. The highest BCUT2D eigenvalue weighted by Crippen LogP contribution is 2.41. The summed E-state index contributed by atoms with van der Waals surface area (Å²) in [5, 5.41) is 0. The van der Waals surface area contributed by atoms with Crippen LogP contribution in [0.5, 0.6) is 5.75 Å². The fraction of sp³-hybridized carbons (Fsp3) is 0.389. The van der Waals surface area contributed by atoms with Crippen molar-refractivity contribution in [2.45, 2.75) is 48.8 Å². The van der Waals surface area contributed by atoms with Crippen LogP contribution in [0.4, 0.5) is 4.39 Å². The van der Waals surface area contributed by atoms with Crippen LogP contribution in [0.3, 0.4) is 0 Å². The quantitative estimate of drug-likeness (QED) is 0.839. The lowest BCUT2D eigenvalue weighted by Gasteiger charge is -2.37. The van der Waals surface area contributed by atoms with Crippen LogP contribution < -0.4 is 4.74 Å². The van der Waals surface area contributed by atoms with Crippen LogP contribution in [0.25, 0.3) is 0 Å². The van der Waals surface area contributed by atoms with Gasteiger partial charge in [-0.25, -0.2) is 12.8 Å².